The van der Waals surface area contributed by atoms with Gasteiger partial charge in [0.15, 0.2) is 0 Å². The first-order valence-electron chi connectivity index (χ1n) is 6.07. The van der Waals surface area contributed by atoms with E-state index in [9.17, 15) is 4.79 Å². The van der Waals surface area contributed by atoms with Crippen LogP contribution in [0.3, 0.4) is 0 Å². The van der Waals surface area contributed by atoms with Gasteiger partial charge >= 0.3 is 0 Å². The van der Waals surface area contributed by atoms with Crippen molar-refractivity contribution in [1.82, 2.24) is 9.97 Å². The Morgan fingerprint density at radius 1 is 1.00 bits per heavy atom. The maximum atomic E-state index is 12.3. The van der Waals surface area contributed by atoms with Crippen LogP contribution < -0.4 is 0 Å². The molecule has 0 aliphatic heterocycles. The first-order chi connectivity index (χ1) is 9.24. The summed E-state index contributed by atoms with van der Waals surface area (Å²) in [6, 6.07) is 15.0. The van der Waals surface area contributed by atoms with Gasteiger partial charge in [-0.1, -0.05) is 35.9 Å². The topological polar surface area (TPSA) is 42.9 Å². The van der Waals surface area contributed by atoms with Gasteiger partial charge in [0.05, 0.1) is 17.2 Å². The molecule has 0 unspecified atom stereocenters. The van der Waals surface area contributed by atoms with E-state index in [1.165, 1.54) is 6.20 Å². The average Bonchev–Trinajstić information content (AvgIpc) is 2.46. The maximum Gasteiger partial charge on any atom is 0.212 e. The molecule has 0 radical (unpaired) electrons. The van der Waals surface area contributed by atoms with Crippen LogP contribution in [0.2, 0.25) is 0 Å². The van der Waals surface area contributed by atoms with Crippen molar-refractivity contribution in [1.29, 1.82) is 0 Å². The van der Waals surface area contributed by atoms with E-state index in [0.717, 1.165) is 16.6 Å². The van der Waals surface area contributed by atoms with Crippen molar-refractivity contribution in [2.75, 3.05) is 0 Å². The lowest BCUT2D eigenvalue weighted by molar-refractivity contribution is 0.103. The highest BCUT2D eigenvalue weighted by atomic mass is 16.1. The Balaban J connectivity index is 2.06. The first-order valence-corrected chi connectivity index (χ1v) is 6.07. The molecular formula is C16H12N2O. The highest BCUT2D eigenvalue weighted by molar-refractivity contribution is 6.08. The van der Waals surface area contributed by atoms with E-state index in [2.05, 4.69) is 9.97 Å². The number of hydrogen-bond acceptors (Lipinski definition) is 3. The highest BCUT2D eigenvalue weighted by Crippen LogP contribution is 2.13. The Hall–Kier alpha value is -2.55. The van der Waals surface area contributed by atoms with E-state index < -0.39 is 0 Å². The van der Waals surface area contributed by atoms with E-state index in [0.29, 0.717) is 11.3 Å². The summed E-state index contributed by atoms with van der Waals surface area (Å²) in [6.07, 6.45) is 1.53. The molecule has 3 heteroatoms. The van der Waals surface area contributed by atoms with Crippen LogP contribution in [0.1, 0.15) is 21.6 Å². The fourth-order valence-corrected chi connectivity index (χ4v) is 2.00. The molecule has 1 heterocycles. The number of carbonyl (C=O) groups is 1. The standard InChI is InChI=1S/C16H12N2O/c1-11-5-4-6-12(9-11)16(19)15-10-17-13-7-2-3-8-14(13)18-15/h2-10H,1H3. The van der Waals surface area contributed by atoms with Crippen LogP contribution in [0.25, 0.3) is 11.0 Å². The molecular weight excluding hydrogens is 236 g/mol. The van der Waals surface area contributed by atoms with Crippen molar-refractivity contribution in [2.45, 2.75) is 6.92 Å². The van der Waals surface area contributed by atoms with Gasteiger partial charge in [-0.25, -0.2) is 4.98 Å². The van der Waals surface area contributed by atoms with Gasteiger partial charge in [-0.15, -0.1) is 0 Å². The van der Waals surface area contributed by atoms with Crippen molar-refractivity contribution in [3.05, 3.63) is 71.5 Å². The summed E-state index contributed by atoms with van der Waals surface area (Å²) >= 11 is 0. The van der Waals surface area contributed by atoms with Crippen LogP contribution in [0, 0.1) is 6.92 Å². The fourth-order valence-electron chi connectivity index (χ4n) is 2.00. The van der Waals surface area contributed by atoms with Gasteiger partial charge < -0.3 is 0 Å². The number of ketones is 1. The zero-order valence-corrected chi connectivity index (χ0v) is 10.5. The van der Waals surface area contributed by atoms with E-state index in [-0.39, 0.29) is 5.78 Å². The minimum absolute atomic E-state index is 0.0954. The zero-order valence-electron chi connectivity index (χ0n) is 10.5. The van der Waals surface area contributed by atoms with E-state index in [1.807, 2.05) is 49.4 Å². The van der Waals surface area contributed by atoms with Crippen molar-refractivity contribution >= 4 is 16.8 Å². The molecule has 0 bridgehead atoms. The summed E-state index contributed by atoms with van der Waals surface area (Å²) in [4.78, 5) is 21.0. The molecule has 1 aromatic heterocycles. The van der Waals surface area contributed by atoms with Gasteiger partial charge in [0.2, 0.25) is 5.78 Å². The summed E-state index contributed by atoms with van der Waals surface area (Å²) in [5.41, 5.74) is 3.61. The number of aryl methyl sites for hydroxylation is 1. The van der Waals surface area contributed by atoms with E-state index in [1.54, 1.807) is 6.07 Å². The monoisotopic (exact) mass is 248 g/mol. The minimum Gasteiger partial charge on any atom is -0.287 e. The third kappa shape index (κ3) is 2.22. The molecule has 0 aliphatic carbocycles. The van der Waals surface area contributed by atoms with Crippen molar-refractivity contribution in [3.8, 4) is 0 Å². The lowest BCUT2D eigenvalue weighted by atomic mass is 10.1. The zero-order chi connectivity index (χ0) is 13.2. The molecule has 0 aliphatic rings. The Morgan fingerprint density at radius 2 is 1.79 bits per heavy atom. The van der Waals surface area contributed by atoms with E-state index in [4.69, 9.17) is 0 Å². The summed E-state index contributed by atoms with van der Waals surface area (Å²) < 4.78 is 0. The second kappa shape index (κ2) is 4.61. The lowest BCUT2D eigenvalue weighted by Crippen LogP contribution is -2.05. The molecule has 0 saturated heterocycles. The van der Waals surface area contributed by atoms with Crippen LogP contribution in [0.4, 0.5) is 0 Å². The summed E-state index contributed by atoms with van der Waals surface area (Å²) in [6.45, 7) is 1.96. The molecule has 0 spiro atoms. The quantitative estimate of drug-likeness (QED) is 0.654. The summed E-state index contributed by atoms with van der Waals surface area (Å²) in [5, 5.41) is 0. The van der Waals surface area contributed by atoms with E-state index >= 15 is 0 Å². The van der Waals surface area contributed by atoms with Gasteiger partial charge in [-0.2, -0.15) is 0 Å². The SMILES string of the molecule is Cc1cccc(C(=O)c2cnc3ccccc3n2)c1. The second-order valence-electron chi connectivity index (χ2n) is 4.44. The number of aromatic nitrogens is 2. The first kappa shape index (κ1) is 11.5. The fraction of sp³-hybridized carbons (Fsp3) is 0.0625. The molecule has 2 aromatic carbocycles. The third-order valence-electron chi connectivity index (χ3n) is 2.96. The number of carbonyl (C=O) groups excluding carboxylic acids is 1. The van der Waals surface area contributed by atoms with Gasteiger partial charge in [0, 0.05) is 5.56 Å². The minimum atomic E-state index is -0.0954. The van der Waals surface area contributed by atoms with Crippen LogP contribution in [-0.2, 0) is 0 Å². The predicted octanol–water partition coefficient (Wildman–Crippen LogP) is 3.17. The van der Waals surface area contributed by atoms with Crippen molar-refractivity contribution in [2.24, 2.45) is 0 Å². The molecule has 3 aromatic rings. The van der Waals surface area contributed by atoms with Crippen LogP contribution in [0.5, 0.6) is 0 Å². The molecule has 0 N–H and O–H groups in total. The molecule has 0 saturated carbocycles. The van der Waals surface area contributed by atoms with Crippen LogP contribution in [-0.4, -0.2) is 15.8 Å². The predicted molar refractivity (Wildman–Crippen MR) is 74.1 cm³/mol. The van der Waals surface area contributed by atoms with Crippen LogP contribution in [0.15, 0.2) is 54.7 Å². The number of benzene rings is 2. The van der Waals surface area contributed by atoms with Crippen molar-refractivity contribution in [3.63, 3.8) is 0 Å². The van der Waals surface area contributed by atoms with Gasteiger partial charge in [-0.3, -0.25) is 9.78 Å². The van der Waals surface area contributed by atoms with Gasteiger partial charge in [0.25, 0.3) is 0 Å². The molecule has 0 amide bonds. The maximum absolute atomic E-state index is 12.3. The average molecular weight is 248 g/mol. The highest BCUT2D eigenvalue weighted by Gasteiger charge is 2.11. The second-order valence-corrected chi connectivity index (χ2v) is 4.44. The van der Waals surface area contributed by atoms with Gasteiger partial charge in [0.1, 0.15) is 5.69 Å². The van der Waals surface area contributed by atoms with Gasteiger partial charge in [-0.05, 0) is 25.1 Å². The Labute approximate surface area is 111 Å². The molecule has 19 heavy (non-hydrogen) atoms. The smallest absolute Gasteiger partial charge is 0.212 e. The molecule has 92 valence electrons. The Morgan fingerprint density at radius 3 is 2.58 bits per heavy atom. The number of hydrogen-bond donors (Lipinski definition) is 0. The largest absolute Gasteiger partial charge is 0.287 e. The summed E-state index contributed by atoms with van der Waals surface area (Å²) in [7, 11) is 0. The number of nitrogens with zero attached hydrogens (tertiary/aromatic N) is 2. The normalized spacial score (nSPS) is 10.6. The van der Waals surface area contributed by atoms with Crippen molar-refractivity contribution < 1.29 is 4.79 Å². The lowest BCUT2D eigenvalue weighted by Gasteiger charge is -2.03. The Bertz CT molecular complexity index is 765. The Kier molecular flexibility index (Phi) is 2.80. The molecule has 0 fully saturated rings. The third-order valence-corrected chi connectivity index (χ3v) is 2.96. The molecule has 3 nitrogen and oxygen atoms in total. The number of para-hydroxylation sites is 2. The number of rotatable bonds is 2. The molecule has 3 rings (SSSR count). The summed E-state index contributed by atoms with van der Waals surface area (Å²) in [5.74, 6) is -0.0954. The molecule has 0 atom stereocenters. The van der Waals surface area contributed by atoms with Crippen LogP contribution >= 0.6 is 0 Å². The number of fused-ring (bicyclic) bond motifs is 1.